The maximum absolute atomic E-state index is 13.5. The van der Waals surface area contributed by atoms with Gasteiger partial charge < -0.3 is 19.1 Å². The van der Waals surface area contributed by atoms with E-state index in [2.05, 4.69) is 38.3 Å². The van der Waals surface area contributed by atoms with Crippen molar-refractivity contribution in [1.82, 2.24) is 20.1 Å². The second-order valence-electron chi connectivity index (χ2n) is 15.2. The standard InChI is InChI=1S/C43H42Cl2FN5O5/c44-35-17-29(23-51-25-43(26-51)19-40(52)49-42(43)53)38(55-24-28-16-27(20-47)21-48-22-28)18-39(35)56-36-9-8-32-31(4-1-5-33(32)36)34-6-2-7-37(41(34)45)54-15-3-12-50-13-10-30(46)11-14-50/h1-2,4-7,16-18,21-22,30,36H,3,8-15,19,23-26H2,(H,49,52,53)/t36-/m0/s1. The highest BCUT2D eigenvalue weighted by Crippen LogP contribution is 2.46. The first-order chi connectivity index (χ1) is 27.2. The molecule has 3 fully saturated rings. The lowest BCUT2D eigenvalue weighted by atomic mass is 9.78. The van der Waals surface area contributed by atoms with E-state index < -0.39 is 11.6 Å². The lowest BCUT2D eigenvalue weighted by Crippen LogP contribution is -2.59. The Balaban J connectivity index is 0.983. The molecule has 0 unspecified atom stereocenters. The Bertz CT molecular complexity index is 2180. The van der Waals surface area contributed by atoms with Crippen molar-refractivity contribution in [3.05, 3.63) is 105 Å². The molecule has 1 spiro atoms. The number of rotatable bonds is 13. The first kappa shape index (κ1) is 38.2. The number of alkyl halides is 1. The molecule has 1 atom stereocenters. The van der Waals surface area contributed by atoms with Crippen LogP contribution in [0.15, 0.2) is 67.0 Å². The largest absolute Gasteiger partial charge is 0.492 e. The molecule has 10 nitrogen and oxygen atoms in total. The highest BCUT2D eigenvalue weighted by molar-refractivity contribution is 6.35. The molecule has 3 aromatic carbocycles. The quantitative estimate of drug-likeness (QED) is 0.108. The second kappa shape index (κ2) is 16.4. The first-order valence-corrected chi connectivity index (χ1v) is 19.9. The van der Waals surface area contributed by atoms with E-state index in [0.717, 1.165) is 72.3 Å². The molecule has 0 saturated carbocycles. The molecule has 13 heteroatoms. The van der Waals surface area contributed by atoms with Gasteiger partial charge in [-0.05, 0) is 67.0 Å². The summed E-state index contributed by atoms with van der Waals surface area (Å²) in [7, 11) is 0. The molecule has 290 valence electrons. The molecule has 1 aliphatic carbocycles. The number of halogens is 3. The highest BCUT2D eigenvalue weighted by atomic mass is 35.5. The summed E-state index contributed by atoms with van der Waals surface area (Å²) in [5, 5.41) is 12.8. The van der Waals surface area contributed by atoms with E-state index >= 15 is 0 Å². The van der Waals surface area contributed by atoms with Crippen LogP contribution < -0.4 is 19.5 Å². The second-order valence-corrected chi connectivity index (χ2v) is 16.0. The molecule has 4 heterocycles. The summed E-state index contributed by atoms with van der Waals surface area (Å²) in [5.41, 5.74) is 5.42. The predicted molar refractivity (Wildman–Crippen MR) is 209 cm³/mol. The number of carbonyl (C=O) groups excluding carboxylic acids is 2. The van der Waals surface area contributed by atoms with Crippen molar-refractivity contribution in [3.63, 3.8) is 0 Å². The van der Waals surface area contributed by atoms with Crippen LogP contribution in [0.3, 0.4) is 0 Å². The molecule has 0 radical (unpaired) electrons. The summed E-state index contributed by atoms with van der Waals surface area (Å²) in [6.45, 7) is 4.49. The van der Waals surface area contributed by atoms with Crippen LogP contribution >= 0.6 is 23.2 Å². The molecule has 4 aromatic rings. The number of piperidine rings is 1. The summed E-state index contributed by atoms with van der Waals surface area (Å²) in [6, 6.07) is 19.5. The van der Waals surface area contributed by atoms with Gasteiger partial charge in [-0.3, -0.25) is 24.8 Å². The summed E-state index contributed by atoms with van der Waals surface area (Å²) in [6.07, 6.45) is 5.95. The van der Waals surface area contributed by atoms with E-state index in [1.807, 2.05) is 36.4 Å². The van der Waals surface area contributed by atoms with E-state index in [1.165, 1.54) is 6.20 Å². The lowest BCUT2D eigenvalue weighted by molar-refractivity contribution is -0.137. The van der Waals surface area contributed by atoms with Crippen molar-refractivity contribution in [2.75, 3.05) is 39.3 Å². The van der Waals surface area contributed by atoms with Crippen LogP contribution in [0.5, 0.6) is 17.2 Å². The summed E-state index contributed by atoms with van der Waals surface area (Å²) >= 11 is 13.9. The summed E-state index contributed by atoms with van der Waals surface area (Å²) in [4.78, 5) is 32.9. The van der Waals surface area contributed by atoms with E-state index in [1.54, 1.807) is 12.3 Å². The van der Waals surface area contributed by atoms with Gasteiger partial charge in [-0.1, -0.05) is 53.5 Å². The number of fused-ring (bicyclic) bond motifs is 1. The Morgan fingerprint density at radius 2 is 1.75 bits per heavy atom. The Morgan fingerprint density at radius 1 is 0.946 bits per heavy atom. The zero-order chi connectivity index (χ0) is 38.8. The normalized spacial score (nSPS) is 19.4. The zero-order valence-corrected chi connectivity index (χ0v) is 32.4. The zero-order valence-electron chi connectivity index (χ0n) is 30.9. The van der Waals surface area contributed by atoms with Crippen molar-refractivity contribution < 1.29 is 28.2 Å². The van der Waals surface area contributed by atoms with Gasteiger partial charge in [0.1, 0.15) is 42.2 Å². The van der Waals surface area contributed by atoms with Gasteiger partial charge >= 0.3 is 0 Å². The molecule has 8 rings (SSSR count). The number of aromatic nitrogens is 1. The Hall–Kier alpha value is -4.73. The van der Waals surface area contributed by atoms with E-state index in [0.29, 0.717) is 71.9 Å². The van der Waals surface area contributed by atoms with Crippen LogP contribution in [0.25, 0.3) is 11.1 Å². The van der Waals surface area contributed by atoms with Gasteiger partial charge in [0, 0.05) is 80.8 Å². The van der Waals surface area contributed by atoms with E-state index in [9.17, 15) is 19.2 Å². The average molecular weight is 799 g/mol. The van der Waals surface area contributed by atoms with Gasteiger partial charge in [-0.2, -0.15) is 5.26 Å². The number of benzene rings is 3. The molecular weight excluding hydrogens is 756 g/mol. The van der Waals surface area contributed by atoms with Gasteiger partial charge in [0.2, 0.25) is 11.8 Å². The van der Waals surface area contributed by atoms with Crippen molar-refractivity contribution >= 4 is 35.0 Å². The van der Waals surface area contributed by atoms with Crippen LogP contribution in [-0.4, -0.2) is 72.1 Å². The fourth-order valence-electron chi connectivity index (χ4n) is 8.39. The number of hydrogen-bond donors (Lipinski definition) is 1. The number of nitrogens with zero attached hydrogens (tertiary/aromatic N) is 4. The number of hydrogen-bond acceptors (Lipinski definition) is 9. The number of nitrogens with one attached hydrogen (secondary N) is 1. The van der Waals surface area contributed by atoms with Gasteiger partial charge in [0.05, 0.1) is 27.6 Å². The van der Waals surface area contributed by atoms with Gasteiger partial charge in [-0.25, -0.2) is 4.39 Å². The average Bonchev–Trinajstić information content (AvgIpc) is 3.74. The van der Waals surface area contributed by atoms with Crippen LogP contribution in [0.2, 0.25) is 10.0 Å². The first-order valence-electron chi connectivity index (χ1n) is 19.1. The molecule has 1 N–H and O–H groups in total. The van der Waals surface area contributed by atoms with E-state index in [4.69, 9.17) is 37.4 Å². The van der Waals surface area contributed by atoms with Crippen molar-refractivity contribution in [3.8, 4) is 34.4 Å². The van der Waals surface area contributed by atoms with Crippen LogP contribution in [0.4, 0.5) is 4.39 Å². The van der Waals surface area contributed by atoms with Crippen molar-refractivity contribution in [1.29, 1.82) is 5.26 Å². The van der Waals surface area contributed by atoms with Crippen molar-refractivity contribution in [2.24, 2.45) is 5.41 Å². The Labute approximate surface area is 335 Å². The third-order valence-electron chi connectivity index (χ3n) is 11.2. The molecular formula is C43H42Cl2FN5O5. The number of carbonyl (C=O) groups is 2. The third-order valence-corrected chi connectivity index (χ3v) is 11.9. The monoisotopic (exact) mass is 797 g/mol. The number of nitriles is 1. The predicted octanol–water partition coefficient (Wildman–Crippen LogP) is 7.62. The topological polar surface area (TPSA) is 117 Å². The number of pyridine rings is 1. The summed E-state index contributed by atoms with van der Waals surface area (Å²) < 4.78 is 32.7. The maximum atomic E-state index is 13.5. The number of ether oxygens (including phenoxy) is 3. The number of imide groups is 1. The number of amides is 2. The number of likely N-dealkylation sites (tertiary alicyclic amines) is 2. The minimum absolute atomic E-state index is 0.163. The SMILES string of the molecule is N#Cc1cncc(COc2cc(O[C@H]3CCc4c(-c5cccc(OCCCN6CCC(F)CC6)c5Cl)cccc43)c(Cl)cc2CN2CC3(CC(=O)NC3=O)C2)c1. The molecule has 1 aromatic heterocycles. The minimum atomic E-state index is -0.683. The molecule has 3 aliphatic heterocycles. The Morgan fingerprint density at radius 3 is 2.54 bits per heavy atom. The maximum Gasteiger partial charge on any atom is 0.235 e. The highest BCUT2D eigenvalue weighted by Gasteiger charge is 2.54. The smallest absolute Gasteiger partial charge is 0.235 e. The van der Waals surface area contributed by atoms with E-state index in [-0.39, 0.29) is 30.9 Å². The lowest BCUT2D eigenvalue weighted by Gasteiger charge is -2.45. The molecule has 0 bridgehead atoms. The van der Waals surface area contributed by atoms with Gasteiger partial charge in [-0.15, -0.1) is 0 Å². The Kier molecular flexibility index (Phi) is 11.2. The van der Waals surface area contributed by atoms with Gasteiger partial charge in [0.15, 0.2) is 0 Å². The molecule has 3 saturated heterocycles. The molecule has 4 aliphatic rings. The molecule has 56 heavy (non-hydrogen) atoms. The fourth-order valence-corrected chi connectivity index (χ4v) is 8.90. The fraction of sp³-hybridized carbons (Fsp3) is 0.395. The van der Waals surface area contributed by atoms with Crippen molar-refractivity contribution in [2.45, 2.75) is 64.0 Å². The summed E-state index contributed by atoms with van der Waals surface area (Å²) in [5.74, 6) is 1.21. The van der Waals surface area contributed by atoms with Gasteiger partial charge in [0.25, 0.3) is 0 Å². The minimum Gasteiger partial charge on any atom is -0.492 e. The third kappa shape index (κ3) is 8.07. The van der Waals surface area contributed by atoms with Crippen LogP contribution in [-0.2, 0) is 29.2 Å². The molecule has 2 amide bonds. The van der Waals surface area contributed by atoms with Crippen LogP contribution in [0.1, 0.15) is 66.0 Å². The van der Waals surface area contributed by atoms with Crippen LogP contribution in [0, 0.1) is 16.7 Å².